The Morgan fingerprint density at radius 2 is 1.89 bits per heavy atom. The average Bonchev–Trinajstić information content (AvgIpc) is 3.22. The van der Waals surface area contributed by atoms with Gasteiger partial charge in [0.15, 0.2) is 0 Å². The summed E-state index contributed by atoms with van der Waals surface area (Å²) in [5, 5.41) is 10.8. The number of halogens is 1. The van der Waals surface area contributed by atoms with Gasteiger partial charge in [0.2, 0.25) is 0 Å². The molecular formula is C25H24FN7O3. The number of nitrogens with two attached hydrogens (primary N) is 1. The summed E-state index contributed by atoms with van der Waals surface area (Å²) < 4.78 is 14.1. The maximum Gasteiger partial charge on any atom is 0.350 e. The fourth-order valence-corrected chi connectivity index (χ4v) is 3.72. The summed E-state index contributed by atoms with van der Waals surface area (Å²) in [5.41, 5.74) is 8.79. The fourth-order valence-electron chi connectivity index (χ4n) is 3.72. The second-order valence-corrected chi connectivity index (χ2v) is 7.98. The van der Waals surface area contributed by atoms with Crippen molar-refractivity contribution in [2.45, 2.75) is 13.0 Å². The smallest absolute Gasteiger partial charge is 0.350 e. The van der Waals surface area contributed by atoms with Gasteiger partial charge >= 0.3 is 5.97 Å². The summed E-state index contributed by atoms with van der Waals surface area (Å²) in [7, 11) is 1.88. The minimum Gasteiger partial charge on any atom is -0.384 e. The number of rotatable bonds is 9. The molecule has 0 unspecified atom stereocenters. The van der Waals surface area contributed by atoms with E-state index >= 15 is 0 Å². The van der Waals surface area contributed by atoms with Crippen molar-refractivity contribution in [3.8, 4) is 0 Å². The number of hydrogen-bond donors (Lipinski definition) is 3. The van der Waals surface area contributed by atoms with E-state index in [0.717, 1.165) is 17.0 Å². The van der Waals surface area contributed by atoms with Gasteiger partial charge in [0.1, 0.15) is 17.5 Å². The summed E-state index contributed by atoms with van der Waals surface area (Å²) in [6, 6.07) is 17.4. The number of nitrogens with zero attached hydrogens (tertiary/aromatic N) is 4. The zero-order valence-electron chi connectivity index (χ0n) is 19.4. The Balaban J connectivity index is 1.55. The van der Waals surface area contributed by atoms with Crippen LogP contribution >= 0.6 is 0 Å². The first kappa shape index (κ1) is 24.3. The van der Waals surface area contributed by atoms with E-state index < -0.39 is 11.9 Å². The molecule has 0 aliphatic rings. The molecule has 0 spiro atoms. The van der Waals surface area contributed by atoms with Crippen LogP contribution in [-0.2, 0) is 23.3 Å². The van der Waals surface area contributed by atoms with Gasteiger partial charge in [0.25, 0.3) is 5.91 Å². The lowest BCUT2D eigenvalue weighted by molar-refractivity contribution is -0.183. The SMILES string of the molecule is Cn1c(CNc2ccc(C(=N)N)cc2)nc2cc(C(=O)N(CCC(=O)OF)c3ccccn3)ccc21. The predicted octanol–water partition coefficient (Wildman–Crippen LogP) is 3.33. The van der Waals surface area contributed by atoms with Gasteiger partial charge in [-0.25, -0.2) is 14.8 Å². The zero-order chi connectivity index (χ0) is 25.7. The van der Waals surface area contributed by atoms with Crippen LogP contribution in [0.25, 0.3) is 11.0 Å². The van der Waals surface area contributed by atoms with Crippen molar-refractivity contribution in [1.29, 1.82) is 5.41 Å². The molecule has 36 heavy (non-hydrogen) atoms. The molecule has 0 aliphatic carbocycles. The van der Waals surface area contributed by atoms with Crippen LogP contribution in [0.3, 0.4) is 0 Å². The molecule has 0 fully saturated rings. The lowest BCUT2D eigenvalue weighted by Gasteiger charge is -2.21. The van der Waals surface area contributed by atoms with Gasteiger partial charge in [0.05, 0.1) is 24.0 Å². The van der Waals surface area contributed by atoms with Crippen LogP contribution in [0.5, 0.6) is 0 Å². The molecule has 0 saturated carbocycles. The van der Waals surface area contributed by atoms with Crippen molar-refractivity contribution in [1.82, 2.24) is 14.5 Å². The maximum atomic E-state index is 13.3. The molecular weight excluding hydrogens is 465 g/mol. The van der Waals surface area contributed by atoms with Gasteiger partial charge in [-0.3, -0.25) is 20.0 Å². The maximum absolute atomic E-state index is 13.3. The molecule has 0 aliphatic heterocycles. The molecule has 4 N–H and O–H groups in total. The normalized spacial score (nSPS) is 10.7. The highest BCUT2D eigenvalue weighted by Gasteiger charge is 2.21. The lowest BCUT2D eigenvalue weighted by Crippen LogP contribution is -2.33. The number of hydrogen-bond acceptors (Lipinski definition) is 7. The van der Waals surface area contributed by atoms with Crippen molar-refractivity contribution in [3.05, 3.63) is 83.8 Å². The molecule has 4 rings (SSSR count). The Morgan fingerprint density at radius 3 is 2.56 bits per heavy atom. The van der Waals surface area contributed by atoms with E-state index in [-0.39, 0.29) is 18.8 Å². The first-order chi connectivity index (χ1) is 17.4. The second kappa shape index (κ2) is 10.6. The Labute approximate surface area is 205 Å². The molecule has 184 valence electrons. The lowest BCUT2D eigenvalue weighted by atomic mass is 10.1. The number of aromatic nitrogens is 3. The third-order valence-corrected chi connectivity index (χ3v) is 5.66. The third-order valence-electron chi connectivity index (χ3n) is 5.66. The summed E-state index contributed by atoms with van der Waals surface area (Å²) in [5.74, 6) is -0.394. The Kier molecular flexibility index (Phi) is 7.19. The molecule has 0 saturated heterocycles. The second-order valence-electron chi connectivity index (χ2n) is 7.98. The standard InChI is InChI=1S/C25H24FN7O3/c1-32-20-10-7-17(25(35)33(13-11-23(34)36-26)21-4-2-3-12-29-21)14-19(20)31-22(32)15-30-18-8-5-16(6-9-18)24(27)28/h2-10,12,14,30H,11,13,15H2,1H3,(H3,27,28). The van der Waals surface area contributed by atoms with E-state index in [9.17, 15) is 14.1 Å². The van der Waals surface area contributed by atoms with Crippen LogP contribution in [0.1, 0.15) is 28.2 Å². The number of amidine groups is 1. The molecule has 2 heterocycles. The first-order valence-corrected chi connectivity index (χ1v) is 11.1. The number of fused-ring (bicyclic) bond motifs is 1. The molecule has 1 amide bonds. The fraction of sp³-hybridized carbons (Fsp3) is 0.160. The van der Waals surface area contributed by atoms with E-state index in [0.29, 0.717) is 29.0 Å². The Morgan fingerprint density at radius 1 is 1.14 bits per heavy atom. The van der Waals surface area contributed by atoms with E-state index in [4.69, 9.17) is 11.1 Å². The number of aryl methyl sites for hydroxylation is 1. The van der Waals surface area contributed by atoms with Crippen molar-refractivity contribution < 1.29 is 19.1 Å². The highest BCUT2D eigenvalue weighted by molar-refractivity contribution is 6.07. The third kappa shape index (κ3) is 5.30. The highest BCUT2D eigenvalue weighted by atomic mass is 19.3. The van der Waals surface area contributed by atoms with Crippen LogP contribution in [0, 0.1) is 5.41 Å². The Hall–Kier alpha value is -4.80. The summed E-state index contributed by atoms with van der Waals surface area (Å²) in [6.07, 6.45) is 1.20. The highest BCUT2D eigenvalue weighted by Crippen LogP contribution is 2.21. The topological polar surface area (TPSA) is 139 Å². The van der Waals surface area contributed by atoms with Crippen molar-refractivity contribution in [3.63, 3.8) is 0 Å². The van der Waals surface area contributed by atoms with Crippen molar-refractivity contribution in [2.24, 2.45) is 12.8 Å². The summed E-state index contributed by atoms with van der Waals surface area (Å²) >= 11 is 0. The van der Waals surface area contributed by atoms with Crippen LogP contribution < -0.4 is 16.0 Å². The van der Waals surface area contributed by atoms with Crippen molar-refractivity contribution in [2.75, 3.05) is 16.8 Å². The molecule has 0 bridgehead atoms. The Bertz CT molecular complexity index is 1400. The number of carbonyl (C=O) groups excluding carboxylic acids is 2. The monoisotopic (exact) mass is 489 g/mol. The van der Waals surface area contributed by atoms with E-state index in [1.54, 1.807) is 48.5 Å². The van der Waals surface area contributed by atoms with Gasteiger partial charge in [-0.1, -0.05) is 6.07 Å². The number of nitrogen functional groups attached to an aromatic ring is 1. The molecule has 2 aromatic heterocycles. The van der Waals surface area contributed by atoms with Gasteiger partial charge in [0, 0.05) is 41.1 Å². The number of imidazole rings is 1. The number of pyridine rings is 1. The summed E-state index contributed by atoms with van der Waals surface area (Å²) in [6.45, 7) is 0.329. The van der Waals surface area contributed by atoms with Gasteiger partial charge in [-0.2, -0.15) is 0 Å². The van der Waals surface area contributed by atoms with E-state index in [1.807, 2.05) is 23.7 Å². The van der Waals surface area contributed by atoms with E-state index in [1.165, 1.54) is 11.1 Å². The molecule has 4 aromatic rings. The number of benzene rings is 2. The van der Waals surface area contributed by atoms with Crippen LogP contribution in [0.15, 0.2) is 66.9 Å². The number of nitrogens with one attached hydrogen (secondary N) is 2. The van der Waals surface area contributed by atoms with Crippen LogP contribution in [0.2, 0.25) is 0 Å². The quantitative estimate of drug-likeness (QED) is 0.242. The average molecular weight is 490 g/mol. The zero-order valence-corrected chi connectivity index (χ0v) is 19.4. The molecule has 2 aromatic carbocycles. The largest absolute Gasteiger partial charge is 0.384 e. The minimum absolute atomic E-state index is 0.00575. The first-order valence-electron chi connectivity index (χ1n) is 11.1. The molecule has 0 atom stereocenters. The van der Waals surface area contributed by atoms with Gasteiger partial charge < -0.3 is 15.6 Å². The summed E-state index contributed by atoms with van der Waals surface area (Å²) in [4.78, 5) is 38.1. The minimum atomic E-state index is -1.07. The van der Waals surface area contributed by atoms with Gasteiger partial charge in [-0.15, -0.1) is 0 Å². The van der Waals surface area contributed by atoms with Crippen molar-refractivity contribution >= 4 is 40.3 Å². The number of amides is 1. The van der Waals surface area contributed by atoms with E-state index in [2.05, 4.69) is 20.2 Å². The number of carbonyl (C=O) groups is 2. The predicted molar refractivity (Wildman–Crippen MR) is 133 cm³/mol. The molecule has 10 nitrogen and oxygen atoms in total. The molecule has 11 heteroatoms. The number of anilines is 2. The van der Waals surface area contributed by atoms with Crippen LogP contribution in [-0.4, -0.2) is 38.8 Å². The van der Waals surface area contributed by atoms with Crippen LogP contribution in [0.4, 0.5) is 16.0 Å². The van der Waals surface area contributed by atoms with Gasteiger partial charge in [-0.05, 0) is 54.6 Å². The molecule has 0 radical (unpaired) electrons.